The van der Waals surface area contributed by atoms with Gasteiger partial charge < -0.3 is 5.11 Å². The van der Waals surface area contributed by atoms with Crippen LogP contribution < -0.4 is 0 Å². The molecule has 16 heavy (non-hydrogen) atoms. The minimum Gasteiger partial charge on any atom is -0.391 e. The van der Waals surface area contributed by atoms with E-state index in [2.05, 4.69) is 32.6 Å². The summed E-state index contributed by atoms with van der Waals surface area (Å²) in [5.41, 5.74) is 0. The molecule has 0 radical (unpaired) electrons. The van der Waals surface area contributed by atoms with E-state index in [0.717, 1.165) is 31.8 Å². The van der Waals surface area contributed by atoms with Crippen LogP contribution in [0.5, 0.6) is 0 Å². The average molecular weight is 227 g/mol. The zero-order valence-electron chi connectivity index (χ0n) is 11.4. The van der Waals surface area contributed by atoms with Crippen molar-refractivity contribution in [2.45, 2.75) is 78.0 Å². The Kier molecular flexibility index (Phi) is 5.77. The highest BCUT2D eigenvalue weighted by Crippen LogP contribution is 2.31. The maximum Gasteiger partial charge on any atom is 0.0695 e. The Balaban J connectivity index is 2.57. The first kappa shape index (κ1) is 14.0. The lowest BCUT2D eigenvalue weighted by Crippen LogP contribution is -2.46. The Hall–Kier alpha value is -0.0800. The minimum atomic E-state index is -0.130. The molecule has 0 bridgehead atoms. The fourth-order valence-electron chi connectivity index (χ4n) is 2.60. The zero-order valence-corrected chi connectivity index (χ0v) is 11.4. The van der Waals surface area contributed by atoms with Crippen LogP contribution in [0.2, 0.25) is 0 Å². The Labute approximate surface area is 101 Å². The van der Waals surface area contributed by atoms with Crippen molar-refractivity contribution in [3.8, 4) is 0 Å². The first-order chi connectivity index (χ1) is 7.60. The van der Waals surface area contributed by atoms with Crippen molar-refractivity contribution in [1.29, 1.82) is 0 Å². The maximum absolute atomic E-state index is 10.2. The number of aliphatic hydroxyl groups excluding tert-OH is 1. The van der Waals surface area contributed by atoms with E-state index in [4.69, 9.17) is 0 Å². The summed E-state index contributed by atoms with van der Waals surface area (Å²) in [6, 6.07) is 1.15. The van der Waals surface area contributed by atoms with Crippen LogP contribution in [0.4, 0.5) is 0 Å². The van der Waals surface area contributed by atoms with Gasteiger partial charge in [-0.2, -0.15) is 0 Å². The monoisotopic (exact) mass is 227 g/mol. The highest BCUT2D eigenvalue weighted by atomic mass is 16.3. The van der Waals surface area contributed by atoms with E-state index >= 15 is 0 Å². The Morgan fingerprint density at radius 3 is 2.25 bits per heavy atom. The molecule has 2 heteroatoms. The fourth-order valence-corrected chi connectivity index (χ4v) is 2.60. The number of rotatable bonds is 8. The first-order valence-corrected chi connectivity index (χ1v) is 7.03. The van der Waals surface area contributed by atoms with Gasteiger partial charge >= 0.3 is 0 Å². The summed E-state index contributed by atoms with van der Waals surface area (Å²) in [6.07, 6.45) is 5.64. The SMILES string of the molecule is CCCC(O)C(CC)N(CC(C)C)C1CC1. The van der Waals surface area contributed by atoms with Gasteiger partial charge in [-0.15, -0.1) is 0 Å². The number of aliphatic hydroxyl groups is 1. The van der Waals surface area contributed by atoms with Crippen LogP contribution in [-0.2, 0) is 0 Å². The van der Waals surface area contributed by atoms with Gasteiger partial charge in [0.25, 0.3) is 0 Å². The van der Waals surface area contributed by atoms with Crippen molar-refractivity contribution in [3.05, 3.63) is 0 Å². The second-order valence-corrected chi connectivity index (χ2v) is 5.65. The van der Waals surface area contributed by atoms with Crippen LogP contribution in [0.3, 0.4) is 0 Å². The molecular formula is C14H29NO. The average Bonchev–Trinajstić information content (AvgIpc) is 3.00. The molecule has 0 heterocycles. The fraction of sp³-hybridized carbons (Fsp3) is 1.00. The summed E-state index contributed by atoms with van der Waals surface area (Å²) in [6.45, 7) is 10.0. The van der Waals surface area contributed by atoms with Crippen molar-refractivity contribution in [1.82, 2.24) is 4.90 Å². The molecule has 2 unspecified atom stereocenters. The van der Waals surface area contributed by atoms with E-state index in [-0.39, 0.29) is 6.10 Å². The lowest BCUT2D eigenvalue weighted by Gasteiger charge is -2.35. The van der Waals surface area contributed by atoms with Crippen LogP contribution in [0, 0.1) is 5.92 Å². The molecule has 1 N–H and O–H groups in total. The molecule has 2 nitrogen and oxygen atoms in total. The van der Waals surface area contributed by atoms with Crippen molar-refractivity contribution < 1.29 is 5.11 Å². The third kappa shape index (κ3) is 4.06. The Bertz CT molecular complexity index is 189. The van der Waals surface area contributed by atoms with E-state index in [0.29, 0.717) is 12.0 Å². The Morgan fingerprint density at radius 2 is 1.88 bits per heavy atom. The van der Waals surface area contributed by atoms with Crippen molar-refractivity contribution in [2.75, 3.05) is 6.54 Å². The van der Waals surface area contributed by atoms with Crippen LogP contribution >= 0.6 is 0 Å². The molecule has 2 atom stereocenters. The molecule has 1 aliphatic rings. The summed E-state index contributed by atoms with van der Waals surface area (Å²) in [7, 11) is 0. The van der Waals surface area contributed by atoms with Gasteiger partial charge in [-0.05, 0) is 31.6 Å². The summed E-state index contributed by atoms with van der Waals surface area (Å²) in [5, 5.41) is 10.2. The normalized spacial score (nSPS) is 20.4. The second kappa shape index (κ2) is 6.61. The highest BCUT2D eigenvalue weighted by molar-refractivity contribution is 4.91. The topological polar surface area (TPSA) is 23.5 Å². The van der Waals surface area contributed by atoms with Gasteiger partial charge in [0.2, 0.25) is 0 Å². The molecule has 0 aromatic rings. The summed E-state index contributed by atoms with van der Waals surface area (Å²) in [4.78, 5) is 2.57. The molecular weight excluding hydrogens is 198 g/mol. The highest BCUT2D eigenvalue weighted by Gasteiger charge is 2.35. The molecule has 96 valence electrons. The van der Waals surface area contributed by atoms with Gasteiger partial charge in [0, 0.05) is 18.6 Å². The molecule has 0 aliphatic heterocycles. The predicted molar refractivity (Wildman–Crippen MR) is 69.6 cm³/mol. The van der Waals surface area contributed by atoms with E-state index < -0.39 is 0 Å². The summed E-state index contributed by atoms with van der Waals surface area (Å²) >= 11 is 0. The second-order valence-electron chi connectivity index (χ2n) is 5.65. The van der Waals surface area contributed by atoms with Crippen LogP contribution in [0.25, 0.3) is 0 Å². The number of hydrogen-bond acceptors (Lipinski definition) is 2. The largest absolute Gasteiger partial charge is 0.391 e. The molecule has 0 saturated heterocycles. The molecule has 0 amide bonds. The standard InChI is InChI=1S/C14H29NO/c1-5-7-14(16)13(6-2)15(10-11(3)4)12-8-9-12/h11-14,16H,5-10H2,1-4H3. The smallest absolute Gasteiger partial charge is 0.0695 e. The van der Waals surface area contributed by atoms with Crippen LogP contribution in [0.1, 0.15) is 59.8 Å². The van der Waals surface area contributed by atoms with E-state index in [1.54, 1.807) is 0 Å². The third-order valence-corrected chi connectivity index (χ3v) is 3.46. The lowest BCUT2D eigenvalue weighted by atomic mass is 10.0. The van der Waals surface area contributed by atoms with Gasteiger partial charge in [-0.3, -0.25) is 4.90 Å². The minimum absolute atomic E-state index is 0.130. The van der Waals surface area contributed by atoms with Gasteiger partial charge in [0.05, 0.1) is 6.10 Å². The van der Waals surface area contributed by atoms with Crippen LogP contribution in [0.15, 0.2) is 0 Å². The van der Waals surface area contributed by atoms with Gasteiger partial charge in [-0.25, -0.2) is 0 Å². The van der Waals surface area contributed by atoms with E-state index in [9.17, 15) is 5.11 Å². The van der Waals surface area contributed by atoms with Gasteiger partial charge in [0.1, 0.15) is 0 Å². The molecule has 0 spiro atoms. The first-order valence-electron chi connectivity index (χ1n) is 7.03. The molecule has 1 aliphatic carbocycles. The van der Waals surface area contributed by atoms with Crippen molar-refractivity contribution in [2.24, 2.45) is 5.92 Å². The molecule has 1 saturated carbocycles. The number of hydrogen-bond donors (Lipinski definition) is 1. The van der Waals surface area contributed by atoms with Crippen molar-refractivity contribution >= 4 is 0 Å². The quantitative estimate of drug-likeness (QED) is 0.689. The third-order valence-electron chi connectivity index (χ3n) is 3.46. The molecule has 0 aromatic heterocycles. The van der Waals surface area contributed by atoms with Gasteiger partial charge in [0.15, 0.2) is 0 Å². The maximum atomic E-state index is 10.2. The van der Waals surface area contributed by atoms with Crippen molar-refractivity contribution in [3.63, 3.8) is 0 Å². The molecule has 1 rings (SSSR count). The van der Waals surface area contributed by atoms with E-state index in [1.807, 2.05) is 0 Å². The van der Waals surface area contributed by atoms with Crippen LogP contribution in [-0.4, -0.2) is 34.7 Å². The summed E-state index contributed by atoms with van der Waals surface area (Å²) in [5.74, 6) is 0.698. The van der Waals surface area contributed by atoms with Gasteiger partial charge in [-0.1, -0.05) is 34.1 Å². The summed E-state index contributed by atoms with van der Waals surface area (Å²) < 4.78 is 0. The number of nitrogens with zero attached hydrogens (tertiary/aromatic N) is 1. The van der Waals surface area contributed by atoms with E-state index in [1.165, 1.54) is 12.8 Å². The lowest BCUT2D eigenvalue weighted by molar-refractivity contribution is 0.0298. The zero-order chi connectivity index (χ0) is 12.1. The molecule has 1 fully saturated rings. The Morgan fingerprint density at radius 1 is 1.25 bits per heavy atom. The predicted octanol–water partition coefficient (Wildman–Crippen LogP) is 3.05. The molecule has 0 aromatic carbocycles.